The summed E-state index contributed by atoms with van der Waals surface area (Å²) in [5.74, 6) is 0.402. The van der Waals surface area contributed by atoms with Crippen LogP contribution in [-0.4, -0.2) is 62.1 Å². The second-order valence-electron chi connectivity index (χ2n) is 8.97. The summed E-state index contributed by atoms with van der Waals surface area (Å²) >= 11 is 1.48. The van der Waals surface area contributed by atoms with Gasteiger partial charge in [0.15, 0.2) is 0 Å². The number of hydrogen-bond donors (Lipinski definition) is 2. The van der Waals surface area contributed by atoms with Gasteiger partial charge < -0.3 is 24.8 Å². The first-order valence-corrected chi connectivity index (χ1v) is 13.3. The van der Waals surface area contributed by atoms with E-state index in [0.717, 1.165) is 22.6 Å². The van der Waals surface area contributed by atoms with E-state index in [1.807, 2.05) is 30.3 Å². The van der Waals surface area contributed by atoms with Crippen LogP contribution < -0.4 is 20.3 Å². The number of nitrogens with zero attached hydrogens (tertiary/aromatic N) is 2. The number of ether oxygens (including phenoxy) is 3. The molecule has 1 unspecified atom stereocenters. The van der Waals surface area contributed by atoms with E-state index in [1.54, 1.807) is 24.1 Å². The first-order valence-electron chi connectivity index (χ1n) is 12.3. The van der Waals surface area contributed by atoms with Gasteiger partial charge in [-0.15, -0.1) is 11.8 Å². The summed E-state index contributed by atoms with van der Waals surface area (Å²) in [5.41, 5.74) is 3.50. The second-order valence-corrected chi connectivity index (χ2v) is 9.98. The van der Waals surface area contributed by atoms with Crippen LogP contribution in [0, 0.1) is 0 Å². The van der Waals surface area contributed by atoms with Gasteiger partial charge in [0.2, 0.25) is 11.8 Å². The van der Waals surface area contributed by atoms with E-state index in [2.05, 4.69) is 15.6 Å². The summed E-state index contributed by atoms with van der Waals surface area (Å²) in [6, 6.07) is 12.8. The van der Waals surface area contributed by atoms with Crippen molar-refractivity contribution in [3.05, 3.63) is 53.6 Å². The van der Waals surface area contributed by atoms with Gasteiger partial charge in [-0.25, -0.2) is 14.6 Å². The van der Waals surface area contributed by atoms with Crippen LogP contribution in [0.3, 0.4) is 0 Å². The van der Waals surface area contributed by atoms with E-state index in [4.69, 9.17) is 14.2 Å². The molecule has 38 heavy (non-hydrogen) atoms. The maximum Gasteiger partial charge on any atom is 0.414 e. The molecule has 2 aromatic carbocycles. The van der Waals surface area contributed by atoms with Gasteiger partial charge in [0.25, 0.3) is 0 Å². The van der Waals surface area contributed by atoms with Crippen molar-refractivity contribution < 1.29 is 28.6 Å². The lowest BCUT2D eigenvalue weighted by Gasteiger charge is -2.20. The van der Waals surface area contributed by atoms with E-state index < -0.39 is 5.97 Å². The third kappa shape index (κ3) is 5.39. The number of hydrogen-bond acceptors (Lipinski definition) is 9. The Hall–Kier alpha value is -3.83. The number of cyclic esters (lactones) is 1. The summed E-state index contributed by atoms with van der Waals surface area (Å²) < 4.78 is 15.8. The van der Waals surface area contributed by atoms with Gasteiger partial charge in [0.1, 0.15) is 6.10 Å². The molecule has 0 bridgehead atoms. The molecule has 1 fully saturated rings. The van der Waals surface area contributed by atoms with Crippen LogP contribution in [0.2, 0.25) is 0 Å². The Kier molecular flexibility index (Phi) is 7.66. The number of benzene rings is 2. The third-order valence-corrected chi connectivity index (χ3v) is 7.58. The minimum Gasteiger partial charge on any atom is -0.481 e. The van der Waals surface area contributed by atoms with Crippen molar-refractivity contribution in [3.8, 4) is 5.88 Å². The Morgan fingerprint density at radius 1 is 1.21 bits per heavy atom. The van der Waals surface area contributed by atoms with E-state index >= 15 is 0 Å². The van der Waals surface area contributed by atoms with Crippen molar-refractivity contribution in [2.24, 2.45) is 0 Å². The highest BCUT2D eigenvalue weighted by Crippen LogP contribution is 2.35. The first kappa shape index (κ1) is 25.8. The molecule has 3 heterocycles. The lowest BCUT2D eigenvalue weighted by Crippen LogP contribution is -2.25. The van der Waals surface area contributed by atoms with Crippen molar-refractivity contribution in [2.45, 2.75) is 30.4 Å². The molecule has 1 aromatic heterocycles. The number of nitrogens with one attached hydrogen (secondary N) is 2. The molecule has 1 atom stereocenters. The number of amides is 2. The topological polar surface area (TPSA) is 119 Å². The van der Waals surface area contributed by atoms with Gasteiger partial charge in [-0.3, -0.25) is 9.69 Å². The van der Waals surface area contributed by atoms with Crippen molar-refractivity contribution in [1.29, 1.82) is 0 Å². The molecule has 2 aliphatic heterocycles. The fourth-order valence-corrected chi connectivity index (χ4v) is 5.39. The van der Waals surface area contributed by atoms with Crippen molar-refractivity contribution in [3.63, 3.8) is 0 Å². The molecule has 198 valence electrons. The summed E-state index contributed by atoms with van der Waals surface area (Å²) in [5, 5.41) is 6.98. The number of thioether (sulfide) groups is 1. The predicted octanol–water partition coefficient (Wildman–Crippen LogP) is 3.97. The first-order chi connectivity index (χ1) is 18.5. The molecule has 10 nitrogen and oxygen atoms in total. The Bertz CT molecular complexity index is 1400. The quantitative estimate of drug-likeness (QED) is 0.309. The lowest BCUT2D eigenvalue weighted by atomic mass is 10.0. The minimum atomic E-state index is -0.416. The van der Waals surface area contributed by atoms with Gasteiger partial charge in [-0.2, -0.15) is 0 Å². The molecule has 2 aliphatic rings. The standard InChI is InChI=1S/C27H28N4O6S/c1-35-24-10-8-19-20(26(33)36-2)7-5-16(25(19)30-24)13-28-11-3-4-18-14-31(27(34)37-18)17-6-9-22-21(12-17)29-23(32)15-38-22/h5-10,12,18,28H,3-4,11,13-15H2,1-2H3,(H,29,32). The van der Waals surface area contributed by atoms with Crippen LogP contribution in [0.5, 0.6) is 5.88 Å². The molecule has 0 radical (unpaired) electrons. The summed E-state index contributed by atoms with van der Waals surface area (Å²) in [6.07, 6.45) is 0.920. The SMILES string of the molecule is COC(=O)c1ccc(CNCCCC2CN(c3ccc4c(c3)NC(=O)CS4)C(=O)O2)c2nc(OC)ccc12. The highest BCUT2D eigenvalue weighted by Gasteiger charge is 2.32. The molecule has 2 N–H and O–H groups in total. The summed E-state index contributed by atoms with van der Waals surface area (Å²) in [7, 11) is 2.91. The fraction of sp³-hybridized carbons (Fsp3) is 0.333. The molecule has 0 aliphatic carbocycles. The average Bonchev–Trinajstić information content (AvgIpc) is 3.31. The smallest absolute Gasteiger partial charge is 0.414 e. The van der Waals surface area contributed by atoms with Gasteiger partial charge in [0.05, 0.1) is 43.3 Å². The van der Waals surface area contributed by atoms with Crippen molar-refractivity contribution in [1.82, 2.24) is 10.3 Å². The monoisotopic (exact) mass is 536 g/mol. The van der Waals surface area contributed by atoms with Crippen molar-refractivity contribution >= 4 is 52.0 Å². The maximum absolute atomic E-state index is 12.5. The molecule has 11 heteroatoms. The van der Waals surface area contributed by atoms with E-state index in [0.29, 0.717) is 59.8 Å². The third-order valence-electron chi connectivity index (χ3n) is 6.51. The maximum atomic E-state index is 12.5. The summed E-state index contributed by atoms with van der Waals surface area (Å²) in [6.45, 7) is 1.72. The Morgan fingerprint density at radius 3 is 2.89 bits per heavy atom. The molecular weight excluding hydrogens is 508 g/mol. The Balaban J connectivity index is 1.16. The van der Waals surface area contributed by atoms with Crippen LogP contribution in [0.1, 0.15) is 28.8 Å². The zero-order chi connectivity index (χ0) is 26.6. The van der Waals surface area contributed by atoms with Gasteiger partial charge >= 0.3 is 12.1 Å². The number of carbonyl (C=O) groups is 3. The zero-order valence-corrected chi connectivity index (χ0v) is 21.9. The highest BCUT2D eigenvalue weighted by atomic mass is 32.2. The number of pyridine rings is 1. The molecule has 0 spiro atoms. The number of carbonyl (C=O) groups excluding carboxylic acids is 3. The van der Waals surface area contributed by atoms with Gasteiger partial charge in [-0.05, 0) is 55.3 Å². The Labute approximate surface area is 224 Å². The van der Waals surface area contributed by atoms with Crippen molar-refractivity contribution in [2.75, 3.05) is 43.3 Å². The second kappa shape index (κ2) is 11.3. The van der Waals surface area contributed by atoms with Crippen LogP contribution in [0.4, 0.5) is 16.2 Å². The van der Waals surface area contributed by atoms with E-state index in [-0.39, 0.29) is 18.1 Å². The van der Waals surface area contributed by atoms with Crippen LogP contribution in [0.15, 0.2) is 47.4 Å². The molecule has 5 rings (SSSR count). The molecule has 1 saturated heterocycles. The average molecular weight is 537 g/mol. The zero-order valence-electron chi connectivity index (χ0n) is 21.1. The van der Waals surface area contributed by atoms with E-state index in [9.17, 15) is 14.4 Å². The van der Waals surface area contributed by atoms with E-state index in [1.165, 1.54) is 18.9 Å². The highest BCUT2D eigenvalue weighted by molar-refractivity contribution is 8.00. The largest absolute Gasteiger partial charge is 0.481 e. The van der Waals surface area contributed by atoms with Crippen LogP contribution >= 0.6 is 11.8 Å². The molecule has 0 saturated carbocycles. The molecule has 2 amide bonds. The van der Waals surface area contributed by atoms with Crippen LogP contribution in [0.25, 0.3) is 10.9 Å². The molecular formula is C27H28N4O6S. The lowest BCUT2D eigenvalue weighted by molar-refractivity contribution is -0.113. The fourth-order valence-electron chi connectivity index (χ4n) is 4.60. The summed E-state index contributed by atoms with van der Waals surface area (Å²) in [4.78, 5) is 43.6. The minimum absolute atomic E-state index is 0.0450. The number of anilines is 2. The number of esters is 1. The molecule has 3 aromatic rings. The number of aromatic nitrogens is 1. The van der Waals surface area contributed by atoms with Crippen LogP contribution in [-0.2, 0) is 20.8 Å². The normalized spacial score (nSPS) is 16.7. The number of methoxy groups -OCH3 is 2. The number of fused-ring (bicyclic) bond motifs is 2. The van der Waals surface area contributed by atoms with Gasteiger partial charge in [0, 0.05) is 28.6 Å². The number of rotatable bonds is 9. The predicted molar refractivity (Wildman–Crippen MR) is 144 cm³/mol. The Morgan fingerprint density at radius 2 is 2.08 bits per heavy atom. The van der Waals surface area contributed by atoms with Gasteiger partial charge in [-0.1, -0.05) is 6.07 Å².